The van der Waals surface area contributed by atoms with Gasteiger partial charge in [-0.15, -0.1) is 5.10 Å². The largest absolute Gasteiger partial charge is 0.367 e. The molecule has 1 rings (SSSR count). The Morgan fingerprint density at radius 3 is 3.00 bits per heavy atom. The summed E-state index contributed by atoms with van der Waals surface area (Å²) < 4.78 is 0. The Morgan fingerprint density at radius 1 is 1.55 bits per heavy atom. The molecular weight excluding hydrogens is 144 g/mol. The van der Waals surface area contributed by atoms with Crippen LogP contribution in [0, 0.1) is 0 Å². The van der Waals surface area contributed by atoms with E-state index in [-0.39, 0.29) is 5.95 Å². The second-order valence-corrected chi connectivity index (χ2v) is 1.92. The maximum Gasteiger partial charge on any atom is 0.242 e. The van der Waals surface area contributed by atoms with Crippen LogP contribution in [0.1, 0.15) is 0 Å². The molecule has 0 saturated carbocycles. The molecule has 0 bridgehead atoms. The molecule has 6 heteroatoms. The number of anilines is 2. The smallest absolute Gasteiger partial charge is 0.242 e. The van der Waals surface area contributed by atoms with Crippen LogP contribution in [0.3, 0.4) is 0 Å². The lowest BCUT2D eigenvalue weighted by Crippen LogP contribution is -2.14. The van der Waals surface area contributed by atoms with Crippen molar-refractivity contribution >= 4 is 11.8 Å². The molecule has 1 heterocycles. The van der Waals surface area contributed by atoms with Gasteiger partial charge < -0.3 is 16.8 Å². The molecule has 0 amide bonds. The van der Waals surface area contributed by atoms with Crippen LogP contribution in [0.5, 0.6) is 0 Å². The van der Waals surface area contributed by atoms with Crippen molar-refractivity contribution in [2.24, 2.45) is 5.73 Å². The third kappa shape index (κ3) is 2.34. The summed E-state index contributed by atoms with van der Waals surface area (Å²) >= 11 is 0. The van der Waals surface area contributed by atoms with E-state index in [1.54, 1.807) is 0 Å². The number of hydrogen-bond donors (Lipinski definition) is 3. The minimum atomic E-state index is 0.159. The zero-order valence-corrected chi connectivity index (χ0v) is 5.99. The van der Waals surface area contributed by atoms with Crippen LogP contribution in [0.2, 0.25) is 0 Å². The maximum atomic E-state index is 5.27. The molecule has 5 N–H and O–H groups in total. The van der Waals surface area contributed by atoms with E-state index in [9.17, 15) is 0 Å². The summed E-state index contributed by atoms with van der Waals surface area (Å²) in [7, 11) is 0. The van der Waals surface area contributed by atoms with Crippen LogP contribution in [0.25, 0.3) is 0 Å². The number of nitrogen functional groups attached to an aromatic ring is 1. The molecule has 0 aromatic carbocycles. The van der Waals surface area contributed by atoms with Crippen molar-refractivity contribution < 1.29 is 0 Å². The molecule has 60 valence electrons. The number of aromatic nitrogens is 3. The Hall–Kier alpha value is -1.43. The highest BCUT2D eigenvalue weighted by Gasteiger charge is 1.93. The van der Waals surface area contributed by atoms with Gasteiger partial charge in [-0.05, 0) is 0 Å². The summed E-state index contributed by atoms with van der Waals surface area (Å²) in [5.41, 5.74) is 10.5. The van der Waals surface area contributed by atoms with Crippen molar-refractivity contribution in [3.05, 3.63) is 6.20 Å². The van der Waals surface area contributed by atoms with Gasteiger partial charge in [0.25, 0.3) is 0 Å². The van der Waals surface area contributed by atoms with Gasteiger partial charge in [-0.1, -0.05) is 0 Å². The highest BCUT2D eigenvalue weighted by molar-refractivity contribution is 5.34. The van der Waals surface area contributed by atoms with E-state index >= 15 is 0 Å². The molecule has 0 radical (unpaired) electrons. The molecule has 0 unspecified atom stereocenters. The molecule has 0 aliphatic heterocycles. The Bertz CT molecular complexity index is 224. The molecule has 0 aliphatic rings. The molecule has 1 aromatic rings. The summed E-state index contributed by atoms with van der Waals surface area (Å²) in [4.78, 5) is 3.85. The first-order valence-electron chi connectivity index (χ1n) is 3.22. The molecule has 0 atom stereocenters. The van der Waals surface area contributed by atoms with Crippen LogP contribution in [0.4, 0.5) is 11.8 Å². The van der Waals surface area contributed by atoms with Gasteiger partial charge in [0.1, 0.15) is 0 Å². The molecule has 1 aromatic heterocycles. The lowest BCUT2D eigenvalue weighted by Gasteiger charge is -2.01. The van der Waals surface area contributed by atoms with Gasteiger partial charge in [0, 0.05) is 13.1 Å². The Labute approximate surface area is 64.0 Å². The van der Waals surface area contributed by atoms with Gasteiger partial charge in [0.2, 0.25) is 5.95 Å². The number of hydrogen-bond acceptors (Lipinski definition) is 6. The van der Waals surface area contributed by atoms with Crippen LogP contribution < -0.4 is 16.8 Å². The topological polar surface area (TPSA) is 103 Å². The lowest BCUT2D eigenvalue weighted by atomic mass is 10.6. The van der Waals surface area contributed by atoms with Crippen molar-refractivity contribution in [2.75, 3.05) is 24.1 Å². The van der Waals surface area contributed by atoms with Crippen molar-refractivity contribution in [3.8, 4) is 0 Å². The van der Waals surface area contributed by atoms with Crippen LogP contribution in [-0.2, 0) is 0 Å². The average molecular weight is 154 g/mol. The monoisotopic (exact) mass is 154 g/mol. The minimum Gasteiger partial charge on any atom is -0.367 e. The van der Waals surface area contributed by atoms with Crippen molar-refractivity contribution in [1.82, 2.24) is 15.2 Å². The predicted molar refractivity (Wildman–Crippen MR) is 41.8 cm³/mol. The van der Waals surface area contributed by atoms with Crippen LogP contribution in [-0.4, -0.2) is 28.3 Å². The van der Waals surface area contributed by atoms with E-state index in [1.165, 1.54) is 6.20 Å². The quantitative estimate of drug-likeness (QED) is 0.506. The summed E-state index contributed by atoms with van der Waals surface area (Å²) in [6.07, 6.45) is 1.49. The van der Waals surface area contributed by atoms with E-state index in [0.717, 1.165) is 0 Å². The summed E-state index contributed by atoms with van der Waals surface area (Å²) in [6, 6.07) is 0. The fourth-order valence-electron chi connectivity index (χ4n) is 0.603. The van der Waals surface area contributed by atoms with Gasteiger partial charge in [-0.3, -0.25) is 0 Å². The third-order valence-corrected chi connectivity index (χ3v) is 1.03. The number of nitrogens with one attached hydrogen (secondary N) is 1. The first-order chi connectivity index (χ1) is 5.33. The van der Waals surface area contributed by atoms with E-state index in [4.69, 9.17) is 11.5 Å². The summed E-state index contributed by atoms with van der Waals surface area (Å²) in [5, 5.41) is 10.0. The fraction of sp³-hybridized carbons (Fsp3) is 0.400. The molecule has 0 fully saturated rings. The third-order valence-electron chi connectivity index (χ3n) is 1.03. The normalized spacial score (nSPS) is 9.55. The summed E-state index contributed by atoms with van der Waals surface area (Å²) in [5.74, 6) is 0.759. The molecule has 6 nitrogen and oxygen atoms in total. The van der Waals surface area contributed by atoms with Crippen molar-refractivity contribution in [3.63, 3.8) is 0 Å². The average Bonchev–Trinajstić information content (AvgIpc) is 2.01. The number of nitrogens with two attached hydrogens (primary N) is 2. The summed E-state index contributed by atoms with van der Waals surface area (Å²) in [6.45, 7) is 1.20. The SMILES string of the molecule is NCCNc1cnnc(N)n1. The Balaban J connectivity index is 2.56. The Morgan fingerprint density at radius 2 is 2.36 bits per heavy atom. The van der Waals surface area contributed by atoms with E-state index in [1.807, 2.05) is 0 Å². The molecule has 0 saturated heterocycles. The second kappa shape index (κ2) is 3.67. The first kappa shape index (κ1) is 7.67. The minimum absolute atomic E-state index is 0.159. The molecule has 0 spiro atoms. The highest BCUT2D eigenvalue weighted by Crippen LogP contribution is 1.98. The number of rotatable bonds is 3. The second-order valence-electron chi connectivity index (χ2n) is 1.92. The number of nitrogens with zero attached hydrogens (tertiary/aromatic N) is 3. The highest BCUT2D eigenvalue weighted by atomic mass is 15.2. The van der Waals surface area contributed by atoms with Gasteiger partial charge in [-0.25, -0.2) is 0 Å². The van der Waals surface area contributed by atoms with Gasteiger partial charge in [-0.2, -0.15) is 10.1 Å². The van der Waals surface area contributed by atoms with Gasteiger partial charge in [0.15, 0.2) is 5.82 Å². The van der Waals surface area contributed by atoms with E-state index in [2.05, 4.69) is 20.5 Å². The maximum absolute atomic E-state index is 5.27. The van der Waals surface area contributed by atoms with Gasteiger partial charge >= 0.3 is 0 Å². The molecule has 0 aliphatic carbocycles. The zero-order valence-electron chi connectivity index (χ0n) is 5.99. The van der Waals surface area contributed by atoms with E-state index < -0.39 is 0 Å². The molecule has 11 heavy (non-hydrogen) atoms. The zero-order chi connectivity index (χ0) is 8.10. The van der Waals surface area contributed by atoms with Crippen LogP contribution >= 0.6 is 0 Å². The predicted octanol–water partition coefficient (Wildman–Crippen LogP) is -1.18. The van der Waals surface area contributed by atoms with Crippen molar-refractivity contribution in [1.29, 1.82) is 0 Å². The van der Waals surface area contributed by atoms with Gasteiger partial charge in [0.05, 0.1) is 6.20 Å². The van der Waals surface area contributed by atoms with E-state index in [0.29, 0.717) is 18.9 Å². The Kier molecular flexibility index (Phi) is 2.56. The van der Waals surface area contributed by atoms with Crippen molar-refractivity contribution in [2.45, 2.75) is 0 Å². The molecular formula is C5H10N6. The standard InChI is InChI=1S/C5H10N6/c6-1-2-8-4-3-9-11-5(7)10-4/h3H,1-2,6H2,(H3,7,8,10,11). The lowest BCUT2D eigenvalue weighted by molar-refractivity contribution is 0.957. The first-order valence-corrected chi connectivity index (χ1v) is 3.22. The van der Waals surface area contributed by atoms with Crippen LogP contribution in [0.15, 0.2) is 6.20 Å². The fourth-order valence-corrected chi connectivity index (χ4v) is 0.603.